The molecule has 0 heterocycles. The van der Waals surface area contributed by atoms with Crippen LogP contribution in [0.3, 0.4) is 0 Å². The predicted molar refractivity (Wildman–Crippen MR) is 76.0 cm³/mol. The van der Waals surface area contributed by atoms with Crippen LogP contribution in [0.1, 0.15) is 45.8 Å². The average molecular weight is 250 g/mol. The summed E-state index contributed by atoms with van der Waals surface area (Å²) in [5, 5.41) is 0. The minimum absolute atomic E-state index is 0.128. The lowest BCUT2D eigenvalue weighted by Gasteiger charge is -2.23. The molecule has 102 valence electrons. The van der Waals surface area contributed by atoms with E-state index >= 15 is 0 Å². The Kier molecular flexibility index (Phi) is 6.20. The summed E-state index contributed by atoms with van der Waals surface area (Å²) >= 11 is 0. The molecule has 0 bridgehead atoms. The van der Waals surface area contributed by atoms with Gasteiger partial charge in [0, 0.05) is 12.2 Å². The second-order valence-corrected chi connectivity index (χ2v) is 5.59. The standard InChI is InChI=1S/C16H26O2/c1-12(2)10-16(18-11-13(3)4)14-8-6-7-9-15(14)17-5/h6-9,12-13,16H,10-11H2,1-5H3/t16-/m0/s1. The summed E-state index contributed by atoms with van der Waals surface area (Å²) in [7, 11) is 1.72. The normalized spacial score (nSPS) is 13.1. The molecule has 0 aliphatic rings. The van der Waals surface area contributed by atoms with Gasteiger partial charge in [0.05, 0.1) is 13.2 Å². The summed E-state index contributed by atoms with van der Waals surface area (Å²) in [6.45, 7) is 9.58. The van der Waals surface area contributed by atoms with Gasteiger partial charge in [-0.15, -0.1) is 0 Å². The summed E-state index contributed by atoms with van der Waals surface area (Å²) < 4.78 is 11.5. The molecule has 1 aromatic carbocycles. The highest BCUT2D eigenvalue weighted by Crippen LogP contribution is 2.32. The van der Waals surface area contributed by atoms with Crippen LogP contribution in [-0.2, 0) is 4.74 Å². The van der Waals surface area contributed by atoms with Gasteiger partial charge in [-0.25, -0.2) is 0 Å². The Morgan fingerprint density at radius 1 is 1.00 bits per heavy atom. The molecular weight excluding hydrogens is 224 g/mol. The SMILES string of the molecule is COc1ccccc1[C@H](CC(C)C)OCC(C)C. The van der Waals surface area contributed by atoms with Gasteiger partial charge in [0.15, 0.2) is 0 Å². The van der Waals surface area contributed by atoms with Crippen molar-refractivity contribution in [3.05, 3.63) is 29.8 Å². The first-order valence-corrected chi connectivity index (χ1v) is 6.79. The van der Waals surface area contributed by atoms with Crippen LogP contribution in [-0.4, -0.2) is 13.7 Å². The summed E-state index contributed by atoms with van der Waals surface area (Å²) in [6, 6.07) is 8.15. The van der Waals surface area contributed by atoms with Gasteiger partial charge in [0.25, 0.3) is 0 Å². The van der Waals surface area contributed by atoms with Crippen molar-refractivity contribution in [3.63, 3.8) is 0 Å². The number of para-hydroxylation sites is 1. The number of methoxy groups -OCH3 is 1. The maximum Gasteiger partial charge on any atom is 0.124 e. The molecule has 0 aliphatic heterocycles. The Morgan fingerprint density at radius 2 is 1.67 bits per heavy atom. The smallest absolute Gasteiger partial charge is 0.124 e. The Bertz CT molecular complexity index is 345. The van der Waals surface area contributed by atoms with E-state index in [-0.39, 0.29) is 6.10 Å². The topological polar surface area (TPSA) is 18.5 Å². The van der Waals surface area contributed by atoms with Crippen molar-refractivity contribution in [2.75, 3.05) is 13.7 Å². The molecule has 0 saturated heterocycles. The Morgan fingerprint density at radius 3 is 2.22 bits per heavy atom. The third-order valence-corrected chi connectivity index (χ3v) is 2.80. The number of hydrogen-bond donors (Lipinski definition) is 0. The second kappa shape index (κ2) is 7.42. The minimum atomic E-state index is 0.128. The van der Waals surface area contributed by atoms with E-state index in [1.165, 1.54) is 0 Å². The minimum Gasteiger partial charge on any atom is -0.496 e. The quantitative estimate of drug-likeness (QED) is 0.711. The molecule has 18 heavy (non-hydrogen) atoms. The zero-order chi connectivity index (χ0) is 13.5. The fraction of sp³-hybridized carbons (Fsp3) is 0.625. The lowest BCUT2D eigenvalue weighted by atomic mass is 9.98. The molecule has 0 spiro atoms. The maximum atomic E-state index is 6.06. The van der Waals surface area contributed by atoms with E-state index in [1.807, 2.05) is 18.2 Å². The van der Waals surface area contributed by atoms with E-state index in [0.717, 1.165) is 24.3 Å². The van der Waals surface area contributed by atoms with Crippen LogP contribution in [0.15, 0.2) is 24.3 Å². The number of rotatable bonds is 7. The lowest BCUT2D eigenvalue weighted by molar-refractivity contribution is 0.0207. The van der Waals surface area contributed by atoms with Gasteiger partial charge < -0.3 is 9.47 Å². The van der Waals surface area contributed by atoms with Crippen molar-refractivity contribution in [2.24, 2.45) is 11.8 Å². The molecule has 0 unspecified atom stereocenters. The highest BCUT2D eigenvalue weighted by molar-refractivity contribution is 5.35. The largest absolute Gasteiger partial charge is 0.496 e. The van der Waals surface area contributed by atoms with Crippen LogP contribution in [0.2, 0.25) is 0 Å². The summed E-state index contributed by atoms with van der Waals surface area (Å²) in [5.41, 5.74) is 1.16. The van der Waals surface area contributed by atoms with Gasteiger partial charge in [0.2, 0.25) is 0 Å². The molecule has 2 nitrogen and oxygen atoms in total. The highest BCUT2D eigenvalue weighted by Gasteiger charge is 2.18. The number of benzene rings is 1. The molecule has 0 amide bonds. The highest BCUT2D eigenvalue weighted by atomic mass is 16.5. The van der Waals surface area contributed by atoms with E-state index in [9.17, 15) is 0 Å². The van der Waals surface area contributed by atoms with Gasteiger partial charge >= 0.3 is 0 Å². The number of ether oxygens (including phenoxy) is 2. The summed E-state index contributed by atoms with van der Waals surface area (Å²) in [6.07, 6.45) is 1.15. The van der Waals surface area contributed by atoms with E-state index in [4.69, 9.17) is 9.47 Å². The van der Waals surface area contributed by atoms with Crippen LogP contribution in [0, 0.1) is 11.8 Å². The van der Waals surface area contributed by atoms with Gasteiger partial charge in [-0.05, 0) is 24.3 Å². The zero-order valence-electron chi connectivity index (χ0n) is 12.3. The summed E-state index contributed by atoms with van der Waals surface area (Å²) in [5.74, 6) is 2.08. The zero-order valence-corrected chi connectivity index (χ0v) is 12.3. The molecule has 0 N–H and O–H groups in total. The van der Waals surface area contributed by atoms with Crippen molar-refractivity contribution in [1.29, 1.82) is 0 Å². The third-order valence-electron chi connectivity index (χ3n) is 2.80. The average Bonchev–Trinajstić information content (AvgIpc) is 2.33. The van der Waals surface area contributed by atoms with E-state index in [0.29, 0.717) is 11.8 Å². The molecule has 1 atom stereocenters. The molecule has 1 rings (SSSR count). The molecule has 0 aromatic heterocycles. The first-order chi connectivity index (χ1) is 8.54. The van der Waals surface area contributed by atoms with Crippen LogP contribution >= 0.6 is 0 Å². The first-order valence-electron chi connectivity index (χ1n) is 6.79. The van der Waals surface area contributed by atoms with Crippen LogP contribution in [0.5, 0.6) is 5.75 Å². The third kappa shape index (κ3) is 4.69. The van der Waals surface area contributed by atoms with Gasteiger partial charge in [-0.3, -0.25) is 0 Å². The monoisotopic (exact) mass is 250 g/mol. The Balaban J connectivity index is 2.86. The Hall–Kier alpha value is -1.02. The predicted octanol–water partition coefficient (Wildman–Crippen LogP) is 4.46. The summed E-state index contributed by atoms with van der Waals surface area (Å²) in [4.78, 5) is 0. The van der Waals surface area contributed by atoms with Gasteiger partial charge in [-0.1, -0.05) is 45.9 Å². The molecule has 0 radical (unpaired) electrons. The molecule has 1 aromatic rings. The Labute approximate surface area is 111 Å². The fourth-order valence-electron chi connectivity index (χ4n) is 1.95. The van der Waals surface area contributed by atoms with E-state index < -0.39 is 0 Å². The lowest BCUT2D eigenvalue weighted by Crippen LogP contribution is -2.12. The molecule has 0 saturated carbocycles. The van der Waals surface area contributed by atoms with Crippen LogP contribution in [0.25, 0.3) is 0 Å². The van der Waals surface area contributed by atoms with Gasteiger partial charge in [-0.2, -0.15) is 0 Å². The maximum absolute atomic E-state index is 6.06. The van der Waals surface area contributed by atoms with Crippen LogP contribution in [0.4, 0.5) is 0 Å². The van der Waals surface area contributed by atoms with E-state index in [2.05, 4.69) is 33.8 Å². The van der Waals surface area contributed by atoms with Crippen molar-refractivity contribution in [3.8, 4) is 5.75 Å². The van der Waals surface area contributed by atoms with Crippen molar-refractivity contribution >= 4 is 0 Å². The number of hydrogen-bond acceptors (Lipinski definition) is 2. The molecule has 0 aliphatic carbocycles. The molecule has 0 fully saturated rings. The van der Waals surface area contributed by atoms with Gasteiger partial charge in [0.1, 0.15) is 5.75 Å². The van der Waals surface area contributed by atoms with Crippen LogP contribution < -0.4 is 4.74 Å². The van der Waals surface area contributed by atoms with E-state index in [1.54, 1.807) is 7.11 Å². The first kappa shape index (κ1) is 15.0. The fourth-order valence-corrected chi connectivity index (χ4v) is 1.95. The second-order valence-electron chi connectivity index (χ2n) is 5.59. The molecular formula is C16H26O2. The van der Waals surface area contributed by atoms with Crippen molar-refractivity contribution in [2.45, 2.75) is 40.2 Å². The van der Waals surface area contributed by atoms with Crippen molar-refractivity contribution < 1.29 is 9.47 Å². The molecule has 2 heteroatoms. The van der Waals surface area contributed by atoms with Crippen molar-refractivity contribution in [1.82, 2.24) is 0 Å².